The summed E-state index contributed by atoms with van der Waals surface area (Å²) < 4.78 is 11.1. The summed E-state index contributed by atoms with van der Waals surface area (Å²) in [5.41, 5.74) is 0. The van der Waals surface area contributed by atoms with Gasteiger partial charge in [0.2, 0.25) is 6.10 Å². The molecule has 7 heteroatoms. The number of amides is 1. The molecule has 1 aliphatic heterocycles. The summed E-state index contributed by atoms with van der Waals surface area (Å²) in [6.07, 6.45) is 0.757. The minimum atomic E-state index is -0.706. The summed E-state index contributed by atoms with van der Waals surface area (Å²) >= 11 is 5.73. The van der Waals surface area contributed by atoms with Crippen molar-refractivity contribution < 1.29 is 14.3 Å². The maximum Gasteiger partial charge on any atom is 0.270 e. The molecule has 1 atom stereocenters. The molecule has 2 aromatic rings. The van der Waals surface area contributed by atoms with Crippen molar-refractivity contribution in [2.45, 2.75) is 6.10 Å². The highest BCUT2D eigenvalue weighted by Gasteiger charge is 2.27. The van der Waals surface area contributed by atoms with Gasteiger partial charge in [-0.1, -0.05) is 23.7 Å². The molecule has 1 aliphatic rings. The number of hydrogen-bond acceptors (Lipinski definition) is 4. The Hall–Kier alpha value is -1.98. The van der Waals surface area contributed by atoms with E-state index in [-0.39, 0.29) is 24.9 Å². The van der Waals surface area contributed by atoms with E-state index in [4.69, 9.17) is 21.1 Å². The second kappa shape index (κ2) is 6.65. The van der Waals surface area contributed by atoms with Crippen LogP contribution in [0.1, 0.15) is 0 Å². The van der Waals surface area contributed by atoms with Crippen LogP contribution in [0, 0.1) is 0 Å². The summed E-state index contributed by atoms with van der Waals surface area (Å²) in [5.74, 6) is 1.31. The number of pyridine rings is 1. The minimum Gasteiger partial charge on any atom is -0.485 e. The van der Waals surface area contributed by atoms with Gasteiger partial charge < -0.3 is 14.8 Å². The van der Waals surface area contributed by atoms with Crippen LogP contribution in [0.15, 0.2) is 42.6 Å². The van der Waals surface area contributed by atoms with Crippen LogP contribution >= 0.6 is 24.0 Å². The molecule has 3 rings (SSSR count). The summed E-state index contributed by atoms with van der Waals surface area (Å²) in [7, 11) is 0. The van der Waals surface area contributed by atoms with Crippen molar-refractivity contribution in [3.8, 4) is 11.5 Å². The third-order valence-corrected chi connectivity index (χ3v) is 3.00. The van der Waals surface area contributed by atoms with Crippen LogP contribution in [0.5, 0.6) is 11.5 Å². The number of para-hydroxylation sites is 2. The molecule has 1 aromatic carbocycles. The fourth-order valence-electron chi connectivity index (χ4n) is 1.81. The van der Waals surface area contributed by atoms with Gasteiger partial charge in [0.15, 0.2) is 11.5 Å². The van der Waals surface area contributed by atoms with Gasteiger partial charge >= 0.3 is 0 Å². The van der Waals surface area contributed by atoms with Crippen molar-refractivity contribution >= 4 is 35.7 Å². The summed E-state index contributed by atoms with van der Waals surface area (Å²) in [5, 5.41) is 3.16. The fourth-order valence-corrected chi connectivity index (χ4v) is 1.92. The molecule has 1 amide bonds. The number of benzene rings is 1. The summed E-state index contributed by atoms with van der Waals surface area (Å²) in [6, 6.07) is 10.5. The minimum absolute atomic E-state index is 0. The number of ether oxygens (including phenoxy) is 2. The van der Waals surface area contributed by atoms with Gasteiger partial charge in [0.1, 0.15) is 12.4 Å². The van der Waals surface area contributed by atoms with Crippen molar-refractivity contribution in [2.75, 3.05) is 11.9 Å². The van der Waals surface area contributed by atoms with E-state index in [1.54, 1.807) is 24.3 Å². The number of nitrogens with zero attached hydrogens (tertiary/aromatic N) is 1. The van der Waals surface area contributed by atoms with Gasteiger partial charge in [-0.25, -0.2) is 4.98 Å². The van der Waals surface area contributed by atoms with Gasteiger partial charge in [-0.05, 0) is 24.3 Å². The van der Waals surface area contributed by atoms with Crippen molar-refractivity contribution in [3.05, 3.63) is 47.6 Å². The molecule has 2 heterocycles. The largest absolute Gasteiger partial charge is 0.485 e. The van der Waals surface area contributed by atoms with Crippen LogP contribution in [0.25, 0.3) is 0 Å². The van der Waals surface area contributed by atoms with Crippen molar-refractivity contribution in [1.82, 2.24) is 4.98 Å². The van der Waals surface area contributed by atoms with Gasteiger partial charge in [-0.15, -0.1) is 12.4 Å². The Kier molecular flexibility index (Phi) is 4.88. The first-order chi connectivity index (χ1) is 9.72. The number of fused-ring (bicyclic) bond motifs is 1. The van der Waals surface area contributed by atoms with Gasteiger partial charge in [-0.3, -0.25) is 4.79 Å². The van der Waals surface area contributed by atoms with E-state index >= 15 is 0 Å². The van der Waals surface area contributed by atoms with E-state index in [0.717, 1.165) is 0 Å². The third kappa shape index (κ3) is 3.56. The zero-order chi connectivity index (χ0) is 13.9. The molecule has 0 aliphatic carbocycles. The van der Waals surface area contributed by atoms with E-state index in [9.17, 15) is 4.79 Å². The first-order valence-corrected chi connectivity index (χ1v) is 6.41. The van der Waals surface area contributed by atoms with Crippen LogP contribution in [-0.4, -0.2) is 23.6 Å². The van der Waals surface area contributed by atoms with Gasteiger partial charge in [0.05, 0.1) is 5.02 Å². The Morgan fingerprint density at radius 1 is 1.24 bits per heavy atom. The van der Waals surface area contributed by atoms with Gasteiger partial charge in [-0.2, -0.15) is 0 Å². The Bertz CT molecular complexity index is 634. The predicted molar refractivity (Wildman–Crippen MR) is 81.5 cm³/mol. The number of aromatic nitrogens is 1. The number of nitrogens with one attached hydrogen (secondary N) is 1. The predicted octanol–water partition coefficient (Wildman–Crippen LogP) is 2.94. The number of hydrogen-bond donors (Lipinski definition) is 1. The Balaban J connectivity index is 0.00000161. The molecule has 1 aromatic heterocycles. The Morgan fingerprint density at radius 3 is 2.71 bits per heavy atom. The highest BCUT2D eigenvalue weighted by atomic mass is 35.5. The van der Waals surface area contributed by atoms with E-state index < -0.39 is 6.10 Å². The number of rotatable bonds is 2. The molecule has 21 heavy (non-hydrogen) atoms. The van der Waals surface area contributed by atoms with E-state index in [2.05, 4.69) is 10.3 Å². The number of carbonyl (C=O) groups is 1. The van der Waals surface area contributed by atoms with Crippen molar-refractivity contribution in [1.29, 1.82) is 0 Å². The molecule has 1 N–H and O–H groups in total. The topological polar surface area (TPSA) is 60.5 Å². The number of halogens is 2. The Labute approximate surface area is 132 Å². The van der Waals surface area contributed by atoms with Crippen LogP contribution in [0.2, 0.25) is 5.02 Å². The lowest BCUT2D eigenvalue weighted by molar-refractivity contribution is -0.125. The zero-order valence-corrected chi connectivity index (χ0v) is 12.4. The standard InChI is InChI=1S/C14H11ClN2O3.ClH/c15-9-5-6-13(16-7-9)17-14(18)12-8-19-10-3-1-2-4-11(10)20-12;/h1-7,12H,8H2,(H,16,17,18);1H. The van der Waals surface area contributed by atoms with Crippen molar-refractivity contribution in [3.63, 3.8) is 0 Å². The molecule has 0 spiro atoms. The molecule has 0 bridgehead atoms. The molecular formula is C14H12Cl2N2O3. The summed E-state index contributed by atoms with van der Waals surface area (Å²) in [4.78, 5) is 16.1. The third-order valence-electron chi connectivity index (χ3n) is 2.78. The van der Waals surface area contributed by atoms with E-state index in [1.807, 2.05) is 12.1 Å². The molecular weight excluding hydrogens is 315 g/mol. The molecule has 0 saturated heterocycles. The number of anilines is 1. The second-order valence-electron chi connectivity index (χ2n) is 4.22. The molecule has 5 nitrogen and oxygen atoms in total. The smallest absolute Gasteiger partial charge is 0.270 e. The van der Waals surface area contributed by atoms with E-state index in [1.165, 1.54) is 6.20 Å². The van der Waals surface area contributed by atoms with Crippen LogP contribution in [0.3, 0.4) is 0 Å². The molecule has 110 valence electrons. The first-order valence-electron chi connectivity index (χ1n) is 6.03. The zero-order valence-electron chi connectivity index (χ0n) is 10.8. The Morgan fingerprint density at radius 2 is 2.00 bits per heavy atom. The molecule has 1 unspecified atom stereocenters. The highest BCUT2D eigenvalue weighted by Crippen LogP contribution is 2.31. The fraction of sp³-hybridized carbons (Fsp3) is 0.143. The second-order valence-corrected chi connectivity index (χ2v) is 4.65. The SMILES string of the molecule is Cl.O=C(Nc1ccc(Cl)cn1)C1COc2ccccc2O1. The molecule has 0 radical (unpaired) electrons. The van der Waals surface area contributed by atoms with Crippen molar-refractivity contribution in [2.24, 2.45) is 0 Å². The lowest BCUT2D eigenvalue weighted by Crippen LogP contribution is -2.40. The first kappa shape index (κ1) is 15.4. The maximum atomic E-state index is 12.1. The van der Waals surface area contributed by atoms with Gasteiger partial charge in [0.25, 0.3) is 5.91 Å². The van der Waals surface area contributed by atoms with Crippen LogP contribution in [0.4, 0.5) is 5.82 Å². The maximum absolute atomic E-state index is 12.1. The molecule has 0 fully saturated rings. The summed E-state index contributed by atoms with van der Waals surface area (Å²) in [6.45, 7) is 0.163. The normalized spacial score (nSPS) is 15.8. The van der Waals surface area contributed by atoms with E-state index in [0.29, 0.717) is 22.3 Å². The monoisotopic (exact) mass is 326 g/mol. The van der Waals surface area contributed by atoms with Crippen LogP contribution < -0.4 is 14.8 Å². The highest BCUT2D eigenvalue weighted by molar-refractivity contribution is 6.30. The average Bonchev–Trinajstić information content (AvgIpc) is 2.49. The quantitative estimate of drug-likeness (QED) is 0.921. The number of carbonyl (C=O) groups excluding carboxylic acids is 1. The lowest BCUT2D eigenvalue weighted by Gasteiger charge is -2.25. The van der Waals surface area contributed by atoms with Crippen LogP contribution in [-0.2, 0) is 4.79 Å². The average molecular weight is 327 g/mol. The lowest BCUT2D eigenvalue weighted by atomic mass is 10.2. The van der Waals surface area contributed by atoms with Gasteiger partial charge in [0, 0.05) is 6.20 Å². The molecule has 0 saturated carbocycles.